The second-order valence-electron chi connectivity index (χ2n) is 6.58. The molecule has 2 amide bonds. The molecule has 7 nitrogen and oxygen atoms in total. The Hall–Kier alpha value is -3.13. The summed E-state index contributed by atoms with van der Waals surface area (Å²) in [7, 11) is 0. The Balaban J connectivity index is 1.56. The number of aromatic nitrogens is 1. The highest BCUT2D eigenvalue weighted by molar-refractivity contribution is 8.00. The molecule has 1 aliphatic rings. The maximum atomic E-state index is 12.6. The summed E-state index contributed by atoms with van der Waals surface area (Å²) in [5.74, 6) is -2.50. The van der Waals surface area contributed by atoms with Gasteiger partial charge >= 0.3 is 5.97 Å². The van der Waals surface area contributed by atoms with E-state index in [1.165, 1.54) is 11.8 Å². The monoisotopic (exact) mass is 411 g/mol. The third kappa shape index (κ3) is 5.92. The van der Waals surface area contributed by atoms with Gasteiger partial charge in [-0.15, -0.1) is 11.8 Å². The zero-order valence-corrected chi connectivity index (χ0v) is 16.4. The number of benzene rings is 1. The van der Waals surface area contributed by atoms with Gasteiger partial charge in [0.25, 0.3) is 0 Å². The number of pyridine rings is 1. The number of anilines is 2. The van der Waals surface area contributed by atoms with E-state index in [4.69, 9.17) is 0 Å². The van der Waals surface area contributed by atoms with Crippen molar-refractivity contribution in [2.45, 2.75) is 17.7 Å². The Morgan fingerprint density at radius 2 is 1.72 bits per heavy atom. The first-order chi connectivity index (χ1) is 14.0. The molecule has 3 rings (SSSR count). The van der Waals surface area contributed by atoms with E-state index >= 15 is 0 Å². The number of nitrogens with zero attached hydrogens (tertiary/aromatic N) is 1. The lowest BCUT2D eigenvalue weighted by molar-refractivity contribution is -0.146. The van der Waals surface area contributed by atoms with Crippen LogP contribution < -0.4 is 10.6 Å². The molecule has 1 aromatic heterocycles. The predicted molar refractivity (Wildman–Crippen MR) is 112 cm³/mol. The van der Waals surface area contributed by atoms with Gasteiger partial charge in [0, 0.05) is 28.7 Å². The number of allylic oxidation sites excluding steroid dienone is 2. The zero-order chi connectivity index (χ0) is 20.6. The van der Waals surface area contributed by atoms with E-state index in [-0.39, 0.29) is 17.6 Å². The SMILES string of the molecule is O=C(CSc1cccc(NC(=O)C2CC=CCC2C(=O)O)c1)Nc1ccncc1. The van der Waals surface area contributed by atoms with Crippen LogP contribution in [0.1, 0.15) is 12.8 Å². The summed E-state index contributed by atoms with van der Waals surface area (Å²) >= 11 is 1.35. The average Bonchev–Trinajstić information content (AvgIpc) is 2.73. The molecule has 0 bridgehead atoms. The molecule has 0 radical (unpaired) electrons. The highest BCUT2D eigenvalue weighted by atomic mass is 32.2. The Bertz CT molecular complexity index is 917. The van der Waals surface area contributed by atoms with Gasteiger partial charge in [0.1, 0.15) is 0 Å². The molecule has 2 unspecified atom stereocenters. The molecule has 0 saturated heterocycles. The topological polar surface area (TPSA) is 108 Å². The van der Waals surface area contributed by atoms with E-state index in [9.17, 15) is 19.5 Å². The fourth-order valence-corrected chi connectivity index (χ4v) is 3.81. The van der Waals surface area contributed by atoms with E-state index < -0.39 is 17.8 Å². The van der Waals surface area contributed by atoms with E-state index in [1.807, 2.05) is 12.1 Å². The summed E-state index contributed by atoms with van der Waals surface area (Å²) < 4.78 is 0. The van der Waals surface area contributed by atoms with Gasteiger partial charge in [0.2, 0.25) is 11.8 Å². The number of carbonyl (C=O) groups is 3. The van der Waals surface area contributed by atoms with E-state index in [2.05, 4.69) is 15.6 Å². The van der Waals surface area contributed by atoms with Gasteiger partial charge < -0.3 is 15.7 Å². The maximum Gasteiger partial charge on any atom is 0.307 e. The van der Waals surface area contributed by atoms with E-state index in [0.717, 1.165) is 4.90 Å². The first-order valence-electron chi connectivity index (χ1n) is 9.14. The molecule has 0 saturated carbocycles. The molecule has 3 N–H and O–H groups in total. The second-order valence-corrected chi connectivity index (χ2v) is 7.63. The number of hydrogen-bond donors (Lipinski definition) is 3. The first kappa shape index (κ1) is 20.6. The van der Waals surface area contributed by atoms with Crippen LogP contribution in [0.2, 0.25) is 0 Å². The number of thioether (sulfide) groups is 1. The van der Waals surface area contributed by atoms with Crippen molar-refractivity contribution in [3.05, 3.63) is 60.9 Å². The molecule has 0 fully saturated rings. The predicted octanol–water partition coefficient (Wildman–Crippen LogP) is 3.42. The average molecular weight is 411 g/mol. The Labute approximate surface area is 172 Å². The summed E-state index contributed by atoms with van der Waals surface area (Å²) in [4.78, 5) is 40.8. The molecular weight excluding hydrogens is 390 g/mol. The number of carbonyl (C=O) groups excluding carboxylic acids is 2. The molecule has 29 heavy (non-hydrogen) atoms. The summed E-state index contributed by atoms with van der Waals surface area (Å²) in [6, 6.07) is 10.6. The number of amides is 2. The minimum atomic E-state index is -0.959. The minimum Gasteiger partial charge on any atom is -0.481 e. The summed E-state index contributed by atoms with van der Waals surface area (Å²) in [5, 5.41) is 14.9. The molecule has 0 spiro atoms. The number of nitrogens with one attached hydrogen (secondary N) is 2. The summed E-state index contributed by atoms with van der Waals surface area (Å²) in [5.41, 5.74) is 1.26. The maximum absolute atomic E-state index is 12.6. The highest BCUT2D eigenvalue weighted by Gasteiger charge is 2.33. The van der Waals surface area contributed by atoms with Crippen molar-refractivity contribution in [2.24, 2.45) is 11.8 Å². The van der Waals surface area contributed by atoms with Gasteiger partial charge in [-0.1, -0.05) is 18.2 Å². The fraction of sp³-hybridized carbons (Fsp3) is 0.238. The fourth-order valence-electron chi connectivity index (χ4n) is 3.06. The lowest BCUT2D eigenvalue weighted by atomic mass is 9.82. The first-order valence-corrected chi connectivity index (χ1v) is 10.1. The van der Waals surface area contributed by atoms with Crippen LogP contribution in [0, 0.1) is 11.8 Å². The van der Waals surface area contributed by atoms with Crippen LogP contribution in [-0.4, -0.2) is 33.6 Å². The van der Waals surface area contributed by atoms with Crippen LogP contribution >= 0.6 is 11.8 Å². The smallest absolute Gasteiger partial charge is 0.307 e. The van der Waals surface area contributed by atoms with Crippen LogP contribution in [0.15, 0.2) is 65.8 Å². The number of hydrogen-bond acceptors (Lipinski definition) is 5. The van der Waals surface area contributed by atoms with Gasteiger partial charge in [-0.3, -0.25) is 19.4 Å². The molecule has 150 valence electrons. The van der Waals surface area contributed by atoms with Crippen molar-refractivity contribution in [3.63, 3.8) is 0 Å². The molecular formula is C21H21N3O4S. The van der Waals surface area contributed by atoms with Crippen LogP contribution in [0.3, 0.4) is 0 Å². The number of carboxylic acids is 1. The van der Waals surface area contributed by atoms with Gasteiger partial charge in [-0.2, -0.15) is 0 Å². The van der Waals surface area contributed by atoms with Gasteiger partial charge in [0.05, 0.1) is 17.6 Å². The third-order valence-electron chi connectivity index (χ3n) is 4.52. The normalized spacial score (nSPS) is 18.1. The minimum absolute atomic E-state index is 0.145. The molecule has 0 aliphatic heterocycles. The molecule has 8 heteroatoms. The highest BCUT2D eigenvalue weighted by Crippen LogP contribution is 2.28. The number of rotatable bonds is 7. The zero-order valence-electron chi connectivity index (χ0n) is 15.6. The standard InChI is InChI=1S/C21H21N3O4S/c25-19(23-14-8-10-22-11-9-14)13-29-16-5-3-4-15(12-16)24-20(26)17-6-1-2-7-18(17)21(27)28/h1-5,8-12,17-18H,6-7,13H2,(H,24,26)(H,27,28)(H,22,23,25). The molecule has 1 aliphatic carbocycles. The lowest BCUT2D eigenvalue weighted by Gasteiger charge is -2.24. The van der Waals surface area contributed by atoms with Gasteiger partial charge in [0.15, 0.2) is 0 Å². The molecule has 1 heterocycles. The van der Waals surface area contributed by atoms with Crippen LogP contribution in [0.25, 0.3) is 0 Å². The van der Waals surface area contributed by atoms with Crippen molar-refractivity contribution in [1.29, 1.82) is 0 Å². The lowest BCUT2D eigenvalue weighted by Crippen LogP contribution is -2.34. The summed E-state index contributed by atoms with van der Waals surface area (Å²) in [6.07, 6.45) is 7.62. The quantitative estimate of drug-likeness (QED) is 0.476. The largest absolute Gasteiger partial charge is 0.481 e. The van der Waals surface area contributed by atoms with Gasteiger partial charge in [-0.25, -0.2) is 0 Å². The van der Waals surface area contributed by atoms with Crippen molar-refractivity contribution in [2.75, 3.05) is 16.4 Å². The molecule has 2 aromatic rings. The number of carboxylic acid groups (broad SMARTS) is 1. The Morgan fingerprint density at radius 3 is 2.45 bits per heavy atom. The van der Waals surface area contributed by atoms with Crippen LogP contribution in [-0.2, 0) is 14.4 Å². The summed E-state index contributed by atoms with van der Waals surface area (Å²) in [6.45, 7) is 0. The Morgan fingerprint density at radius 1 is 1.00 bits per heavy atom. The second kappa shape index (κ2) is 9.88. The van der Waals surface area contributed by atoms with Crippen LogP contribution in [0.4, 0.5) is 11.4 Å². The Kier molecular flexibility index (Phi) is 7.02. The molecule has 1 aromatic carbocycles. The van der Waals surface area contributed by atoms with E-state index in [1.54, 1.807) is 48.8 Å². The van der Waals surface area contributed by atoms with Crippen LogP contribution in [0.5, 0.6) is 0 Å². The number of aliphatic carboxylic acids is 1. The third-order valence-corrected chi connectivity index (χ3v) is 5.52. The molecule has 2 atom stereocenters. The van der Waals surface area contributed by atoms with Gasteiger partial charge in [-0.05, 0) is 43.2 Å². The van der Waals surface area contributed by atoms with E-state index in [0.29, 0.717) is 24.2 Å². The van der Waals surface area contributed by atoms with Crippen molar-refractivity contribution < 1.29 is 19.5 Å². The van der Waals surface area contributed by atoms with Crippen molar-refractivity contribution >= 4 is 40.9 Å². The van der Waals surface area contributed by atoms with Crippen molar-refractivity contribution in [3.8, 4) is 0 Å². The van der Waals surface area contributed by atoms with Crippen molar-refractivity contribution in [1.82, 2.24) is 4.98 Å².